The lowest BCUT2D eigenvalue weighted by atomic mass is 9.86. The third kappa shape index (κ3) is 2.09. The van der Waals surface area contributed by atoms with Gasteiger partial charge in [0, 0.05) is 13.1 Å². The van der Waals surface area contributed by atoms with Crippen molar-refractivity contribution in [1.82, 2.24) is 9.55 Å². The number of nitrogens with two attached hydrogens (primary N) is 1. The lowest BCUT2D eigenvalue weighted by molar-refractivity contribution is 0.404. The molecule has 2 unspecified atom stereocenters. The van der Waals surface area contributed by atoms with E-state index in [2.05, 4.69) is 11.1 Å². The smallest absolute Gasteiger partial charge is 0.0955 e. The van der Waals surface area contributed by atoms with Crippen LogP contribution in [0, 0.1) is 23.2 Å². The van der Waals surface area contributed by atoms with Crippen LogP contribution in [0.1, 0.15) is 25.5 Å². The van der Waals surface area contributed by atoms with Crippen LogP contribution >= 0.6 is 0 Å². The van der Waals surface area contributed by atoms with Crippen LogP contribution in [0.2, 0.25) is 0 Å². The van der Waals surface area contributed by atoms with Crippen LogP contribution in [-0.4, -0.2) is 9.55 Å². The van der Waals surface area contributed by atoms with E-state index in [0.29, 0.717) is 0 Å². The maximum absolute atomic E-state index is 9.20. The van der Waals surface area contributed by atoms with Crippen LogP contribution in [0.25, 0.3) is 11.0 Å². The molecule has 0 aliphatic heterocycles. The minimum atomic E-state index is -0.263. The van der Waals surface area contributed by atoms with Gasteiger partial charge in [-0.1, -0.05) is 19.9 Å². The van der Waals surface area contributed by atoms with Crippen molar-refractivity contribution in [2.45, 2.75) is 19.9 Å². The molecular formula is C14H18N4. The van der Waals surface area contributed by atoms with Crippen LogP contribution < -0.4 is 5.73 Å². The van der Waals surface area contributed by atoms with E-state index in [1.807, 2.05) is 43.7 Å². The zero-order valence-electron chi connectivity index (χ0n) is 11.0. The second-order valence-corrected chi connectivity index (χ2v) is 5.03. The molecule has 0 fully saturated rings. The number of aromatic nitrogens is 2. The second-order valence-electron chi connectivity index (χ2n) is 5.03. The van der Waals surface area contributed by atoms with E-state index < -0.39 is 0 Å². The summed E-state index contributed by atoms with van der Waals surface area (Å²) in [6, 6.07) is 8.01. The fraction of sp³-hybridized carbons (Fsp3) is 0.429. The Bertz CT molecular complexity index is 591. The Morgan fingerprint density at radius 1 is 1.39 bits per heavy atom. The van der Waals surface area contributed by atoms with Gasteiger partial charge in [-0.25, -0.2) is 4.98 Å². The minimum Gasteiger partial charge on any atom is -0.334 e. The summed E-state index contributed by atoms with van der Waals surface area (Å²) in [6.45, 7) is 4.04. The highest BCUT2D eigenvalue weighted by atomic mass is 15.0. The molecule has 4 nitrogen and oxygen atoms in total. The first-order valence-electron chi connectivity index (χ1n) is 6.10. The Labute approximate surface area is 107 Å². The van der Waals surface area contributed by atoms with E-state index in [9.17, 15) is 5.26 Å². The highest BCUT2D eigenvalue weighted by Crippen LogP contribution is 2.27. The summed E-state index contributed by atoms with van der Waals surface area (Å²) in [7, 11) is 1.96. The molecule has 0 bridgehead atoms. The predicted octanol–water partition coefficient (Wildman–Crippen LogP) is 2.37. The van der Waals surface area contributed by atoms with Gasteiger partial charge in [-0.05, 0) is 23.6 Å². The van der Waals surface area contributed by atoms with Gasteiger partial charge in [0.05, 0.1) is 29.3 Å². The lowest BCUT2D eigenvalue weighted by Crippen LogP contribution is -2.24. The number of fused-ring (bicyclic) bond motifs is 1. The van der Waals surface area contributed by atoms with Crippen LogP contribution in [0.5, 0.6) is 0 Å². The zero-order valence-corrected chi connectivity index (χ0v) is 11.0. The number of nitriles is 1. The first kappa shape index (κ1) is 12.6. The third-order valence-corrected chi connectivity index (χ3v) is 3.39. The second kappa shape index (κ2) is 4.79. The normalized spacial score (nSPS) is 14.7. The van der Waals surface area contributed by atoms with Crippen molar-refractivity contribution in [3.63, 3.8) is 0 Å². The van der Waals surface area contributed by atoms with E-state index >= 15 is 0 Å². The summed E-state index contributed by atoms with van der Waals surface area (Å²) in [5, 5.41) is 9.20. The van der Waals surface area contributed by atoms with E-state index in [-0.39, 0.29) is 17.9 Å². The average Bonchev–Trinajstić information content (AvgIpc) is 2.71. The summed E-state index contributed by atoms with van der Waals surface area (Å²) >= 11 is 0. The van der Waals surface area contributed by atoms with Crippen molar-refractivity contribution in [3.05, 3.63) is 30.1 Å². The molecule has 0 saturated carbocycles. The first-order chi connectivity index (χ1) is 8.54. The summed E-state index contributed by atoms with van der Waals surface area (Å²) in [5.41, 5.74) is 9.16. The van der Waals surface area contributed by atoms with Crippen molar-refractivity contribution < 1.29 is 0 Å². The lowest BCUT2D eigenvalue weighted by Gasteiger charge is -2.21. The molecule has 1 heterocycles. The average molecular weight is 242 g/mol. The van der Waals surface area contributed by atoms with Gasteiger partial charge >= 0.3 is 0 Å². The molecule has 1 aromatic heterocycles. The number of nitrogens with zero attached hydrogens (tertiary/aromatic N) is 3. The fourth-order valence-corrected chi connectivity index (χ4v) is 2.21. The molecule has 0 aliphatic rings. The highest BCUT2D eigenvalue weighted by Gasteiger charge is 2.22. The number of rotatable bonds is 3. The molecule has 0 spiro atoms. The topological polar surface area (TPSA) is 67.6 Å². The number of hydrogen-bond donors (Lipinski definition) is 1. The van der Waals surface area contributed by atoms with Gasteiger partial charge in [-0.2, -0.15) is 5.26 Å². The number of hydrogen-bond acceptors (Lipinski definition) is 3. The van der Waals surface area contributed by atoms with Crippen molar-refractivity contribution >= 4 is 11.0 Å². The van der Waals surface area contributed by atoms with Crippen molar-refractivity contribution in [1.29, 1.82) is 5.26 Å². The van der Waals surface area contributed by atoms with Gasteiger partial charge < -0.3 is 10.3 Å². The molecule has 2 atom stereocenters. The molecule has 2 N–H and O–H groups in total. The molecule has 0 saturated heterocycles. The number of aryl methyl sites for hydroxylation is 1. The van der Waals surface area contributed by atoms with Gasteiger partial charge in [0.15, 0.2) is 0 Å². The summed E-state index contributed by atoms with van der Waals surface area (Å²) in [6.07, 6.45) is 1.78. The quantitative estimate of drug-likeness (QED) is 0.898. The van der Waals surface area contributed by atoms with E-state index in [1.165, 1.54) is 0 Å². The monoisotopic (exact) mass is 242 g/mol. The molecular weight excluding hydrogens is 224 g/mol. The van der Waals surface area contributed by atoms with Gasteiger partial charge in [0.2, 0.25) is 0 Å². The maximum Gasteiger partial charge on any atom is 0.0955 e. The summed E-state index contributed by atoms with van der Waals surface area (Å²) in [4.78, 5) is 4.32. The minimum absolute atomic E-state index is 0.175. The molecule has 94 valence electrons. The zero-order chi connectivity index (χ0) is 13.3. The van der Waals surface area contributed by atoms with Crippen LogP contribution in [0.15, 0.2) is 24.5 Å². The molecule has 0 radical (unpaired) electrons. The molecule has 0 amide bonds. The van der Waals surface area contributed by atoms with Gasteiger partial charge in [-0.3, -0.25) is 0 Å². The first-order valence-corrected chi connectivity index (χ1v) is 6.10. The highest BCUT2D eigenvalue weighted by molar-refractivity contribution is 5.76. The van der Waals surface area contributed by atoms with Gasteiger partial charge in [-0.15, -0.1) is 0 Å². The molecule has 2 aromatic rings. The van der Waals surface area contributed by atoms with E-state index in [4.69, 9.17) is 5.73 Å². The Hall–Kier alpha value is -1.86. The van der Waals surface area contributed by atoms with Crippen molar-refractivity contribution in [2.24, 2.45) is 24.6 Å². The van der Waals surface area contributed by atoms with Crippen molar-refractivity contribution in [3.8, 4) is 6.07 Å². The maximum atomic E-state index is 9.20. The molecule has 2 rings (SSSR count). The molecule has 0 aliphatic carbocycles. The number of benzene rings is 1. The summed E-state index contributed by atoms with van der Waals surface area (Å²) in [5.74, 6) is 0.0654. The van der Waals surface area contributed by atoms with Gasteiger partial charge in [0.25, 0.3) is 0 Å². The summed E-state index contributed by atoms with van der Waals surface area (Å²) < 4.78 is 1.97. The van der Waals surface area contributed by atoms with Crippen LogP contribution in [-0.2, 0) is 7.05 Å². The molecule has 18 heavy (non-hydrogen) atoms. The Balaban J connectivity index is 2.39. The van der Waals surface area contributed by atoms with E-state index in [0.717, 1.165) is 16.6 Å². The predicted molar refractivity (Wildman–Crippen MR) is 71.6 cm³/mol. The third-order valence-electron chi connectivity index (χ3n) is 3.39. The Morgan fingerprint density at radius 3 is 2.72 bits per heavy atom. The SMILES string of the molecule is CC(C)C(C#N)C(N)c1ccc2c(c1)ncn2C. The largest absolute Gasteiger partial charge is 0.334 e. The van der Waals surface area contributed by atoms with Crippen LogP contribution in [0.4, 0.5) is 0 Å². The Kier molecular flexibility index (Phi) is 3.35. The van der Waals surface area contributed by atoms with Crippen LogP contribution in [0.3, 0.4) is 0 Å². The Morgan fingerprint density at radius 2 is 2.11 bits per heavy atom. The molecule has 4 heteroatoms. The van der Waals surface area contributed by atoms with E-state index in [1.54, 1.807) is 6.33 Å². The standard InChI is InChI=1S/C14H18N4/c1-9(2)11(7-15)14(16)10-4-5-13-12(6-10)17-8-18(13)3/h4-6,8-9,11,14H,16H2,1-3H3. The number of imidazole rings is 1. The van der Waals surface area contributed by atoms with Gasteiger partial charge in [0.1, 0.15) is 0 Å². The molecule has 1 aromatic carbocycles. The fourth-order valence-electron chi connectivity index (χ4n) is 2.21. The van der Waals surface area contributed by atoms with Crippen molar-refractivity contribution in [2.75, 3.05) is 0 Å².